The maximum absolute atomic E-state index is 5.66. The Kier molecular flexibility index (Phi) is 9.77. The minimum atomic E-state index is 0. The molecule has 6 heteroatoms. The number of guanidine groups is 1. The van der Waals surface area contributed by atoms with E-state index in [0.29, 0.717) is 17.9 Å². The van der Waals surface area contributed by atoms with Crippen LogP contribution in [-0.4, -0.2) is 63.5 Å². The molecule has 1 N–H and O–H groups in total. The van der Waals surface area contributed by atoms with Gasteiger partial charge in [0, 0.05) is 38.3 Å². The van der Waals surface area contributed by atoms with Gasteiger partial charge in [0.25, 0.3) is 0 Å². The second-order valence-electron chi connectivity index (χ2n) is 7.00. The summed E-state index contributed by atoms with van der Waals surface area (Å²) in [5.74, 6) is 1.74. The van der Waals surface area contributed by atoms with Crippen molar-refractivity contribution in [2.24, 2.45) is 16.3 Å². The summed E-state index contributed by atoms with van der Waals surface area (Å²) in [5, 5.41) is 3.42. The topological polar surface area (TPSA) is 46.1 Å². The van der Waals surface area contributed by atoms with Crippen LogP contribution in [0, 0.1) is 11.3 Å². The number of hydrogen-bond acceptors (Lipinski definition) is 3. The molecule has 1 spiro atoms. The Morgan fingerprint density at radius 2 is 2.17 bits per heavy atom. The molecule has 0 radical (unpaired) electrons. The van der Waals surface area contributed by atoms with Gasteiger partial charge in [0.1, 0.15) is 0 Å². The van der Waals surface area contributed by atoms with E-state index in [0.717, 1.165) is 58.4 Å². The molecule has 23 heavy (non-hydrogen) atoms. The van der Waals surface area contributed by atoms with Gasteiger partial charge in [0.2, 0.25) is 0 Å². The monoisotopic (exact) mass is 439 g/mol. The maximum atomic E-state index is 5.66. The van der Waals surface area contributed by atoms with Crippen LogP contribution < -0.4 is 5.32 Å². The zero-order valence-electron chi connectivity index (χ0n) is 15.0. The minimum Gasteiger partial charge on any atom is -0.381 e. The molecule has 0 aromatic rings. The third kappa shape index (κ3) is 6.74. The van der Waals surface area contributed by atoms with Gasteiger partial charge in [-0.3, -0.25) is 4.99 Å². The number of hydrogen-bond donors (Lipinski definition) is 1. The molecular weight excluding hydrogens is 405 g/mol. The highest BCUT2D eigenvalue weighted by Crippen LogP contribution is 2.38. The lowest BCUT2D eigenvalue weighted by Gasteiger charge is -2.25. The first-order valence-corrected chi connectivity index (χ1v) is 8.84. The molecule has 2 fully saturated rings. The lowest BCUT2D eigenvalue weighted by atomic mass is 9.87. The Bertz CT molecular complexity index is 358. The number of nitrogens with zero attached hydrogens (tertiary/aromatic N) is 2. The first-order valence-electron chi connectivity index (χ1n) is 8.84. The Hall–Kier alpha value is -0.0800. The molecule has 2 heterocycles. The molecule has 0 bridgehead atoms. The molecule has 5 nitrogen and oxygen atoms in total. The smallest absolute Gasteiger partial charge is 0.194 e. The highest BCUT2D eigenvalue weighted by Gasteiger charge is 2.42. The van der Waals surface area contributed by atoms with E-state index in [1.54, 1.807) is 0 Å². The molecule has 0 aromatic heterocycles. The first kappa shape index (κ1) is 21.0. The fraction of sp³-hybridized carbons (Fsp3) is 0.941. The summed E-state index contributed by atoms with van der Waals surface area (Å²) in [5.41, 5.74) is 0.379. The van der Waals surface area contributed by atoms with Gasteiger partial charge in [-0.25, -0.2) is 0 Å². The van der Waals surface area contributed by atoms with Crippen molar-refractivity contribution >= 4 is 29.9 Å². The molecule has 2 rings (SSSR count). The lowest BCUT2D eigenvalue weighted by Crippen LogP contribution is -2.41. The Morgan fingerprint density at radius 3 is 2.83 bits per heavy atom. The number of nitrogens with one attached hydrogen (secondary N) is 1. The van der Waals surface area contributed by atoms with Gasteiger partial charge in [0.05, 0.1) is 19.8 Å². The normalized spacial score (nSPS) is 24.5. The quantitative estimate of drug-likeness (QED) is 0.287. The molecule has 0 amide bonds. The van der Waals surface area contributed by atoms with Crippen LogP contribution in [-0.2, 0) is 9.47 Å². The molecule has 0 aliphatic carbocycles. The molecule has 2 aliphatic rings. The third-order valence-corrected chi connectivity index (χ3v) is 4.59. The SMILES string of the molecule is CCNC(=NCCOCCC(C)C)N1CCC2(CCOC2)C1.I. The van der Waals surface area contributed by atoms with Crippen molar-refractivity contribution in [1.29, 1.82) is 0 Å². The van der Waals surface area contributed by atoms with Crippen LogP contribution in [0.1, 0.15) is 40.0 Å². The third-order valence-electron chi connectivity index (χ3n) is 4.59. The molecule has 2 aliphatic heterocycles. The molecule has 1 atom stereocenters. The van der Waals surface area contributed by atoms with Crippen molar-refractivity contribution in [1.82, 2.24) is 10.2 Å². The van der Waals surface area contributed by atoms with Gasteiger partial charge >= 0.3 is 0 Å². The standard InChI is InChI=1S/C17H33N3O2.HI/c1-4-18-16(19-8-12-21-10-5-15(2)3)20-9-6-17(13-20)7-11-22-14-17;/h15H,4-14H2,1-3H3,(H,18,19);1H. The van der Waals surface area contributed by atoms with E-state index in [1.807, 2.05) is 0 Å². The van der Waals surface area contributed by atoms with Gasteiger partial charge in [-0.2, -0.15) is 0 Å². The molecule has 136 valence electrons. The van der Waals surface area contributed by atoms with Crippen molar-refractivity contribution < 1.29 is 9.47 Å². The van der Waals surface area contributed by atoms with E-state index < -0.39 is 0 Å². The van der Waals surface area contributed by atoms with Crippen LogP contribution in [0.3, 0.4) is 0 Å². The molecule has 0 saturated carbocycles. The highest BCUT2D eigenvalue weighted by molar-refractivity contribution is 14.0. The lowest BCUT2D eigenvalue weighted by molar-refractivity contribution is 0.130. The van der Waals surface area contributed by atoms with E-state index in [4.69, 9.17) is 14.5 Å². The maximum Gasteiger partial charge on any atom is 0.194 e. The zero-order valence-corrected chi connectivity index (χ0v) is 17.3. The summed E-state index contributed by atoms with van der Waals surface area (Å²) in [4.78, 5) is 7.13. The number of rotatable bonds is 7. The average molecular weight is 439 g/mol. The van der Waals surface area contributed by atoms with Crippen LogP contribution in [0.5, 0.6) is 0 Å². The number of halogens is 1. The first-order chi connectivity index (χ1) is 10.7. The second kappa shape index (κ2) is 10.7. The van der Waals surface area contributed by atoms with Crippen molar-refractivity contribution in [2.45, 2.75) is 40.0 Å². The van der Waals surface area contributed by atoms with Crippen LogP contribution in [0.25, 0.3) is 0 Å². The summed E-state index contributed by atoms with van der Waals surface area (Å²) in [6.45, 7) is 13.8. The van der Waals surface area contributed by atoms with E-state index in [1.165, 1.54) is 12.8 Å². The van der Waals surface area contributed by atoms with Crippen molar-refractivity contribution in [2.75, 3.05) is 52.6 Å². The predicted molar refractivity (Wildman–Crippen MR) is 106 cm³/mol. The summed E-state index contributed by atoms with van der Waals surface area (Å²) < 4.78 is 11.3. The molecular formula is C17H34IN3O2. The Balaban J connectivity index is 0.00000264. The average Bonchev–Trinajstić information content (AvgIpc) is 3.12. The number of ether oxygens (including phenoxy) is 2. The largest absolute Gasteiger partial charge is 0.381 e. The van der Waals surface area contributed by atoms with Crippen LogP contribution in [0.2, 0.25) is 0 Å². The summed E-state index contributed by atoms with van der Waals surface area (Å²) >= 11 is 0. The fourth-order valence-corrected chi connectivity index (χ4v) is 3.15. The molecule has 2 saturated heterocycles. The number of aliphatic imine (C=N–C) groups is 1. The van der Waals surface area contributed by atoms with E-state index >= 15 is 0 Å². The fourth-order valence-electron chi connectivity index (χ4n) is 3.15. The Morgan fingerprint density at radius 1 is 1.35 bits per heavy atom. The molecule has 1 unspecified atom stereocenters. The highest BCUT2D eigenvalue weighted by atomic mass is 127. The van der Waals surface area contributed by atoms with E-state index in [2.05, 4.69) is 31.0 Å². The Labute approximate surface area is 158 Å². The van der Waals surface area contributed by atoms with Gasteiger partial charge in [-0.15, -0.1) is 24.0 Å². The minimum absolute atomic E-state index is 0. The van der Waals surface area contributed by atoms with Gasteiger partial charge in [0.15, 0.2) is 5.96 Å². The molecule has 0 aromatic carbocycles. The summed E-state index contributed by atoms with van der Waals surface area (Å²) in [6, 6.07) is 0. The van der Waals surface area contributed by atoms with E-state index in [9.17, 15) is 0 Å². The van der Waals surface area contributed by atoms with Crippen LogP contribution >= 0.6 is 24.0 Å². The number of likely N-dealkylation sites (tertiary alicyclic amines) is 1. The van der Waals surface area contributed by atoms with Crippen molar-refractivity contribution in [3.8, 4) is 0 Å². The van der Waals surface area contributed by atoms with Gasteiger partial charge in [-0.05, 0) is 32.1 Å². The van der Waals surface area contributed by atoms with Crippen molar-refractivity contribution in [3.63, 3.8) is 0 Å². The summed E-state index contributed by atoms with van der Waals surface area (Å²) in [7, 11) is 0. The van der Waals surface area contributed by atoms with E-state index in [-0.39, 0.29) is 24.0 Å². The second-order valence-corrected chi connectivity index (χ2v) is 7.00. The van der Waals surface area contributed by atoms with Gasteiger partial charge in [-0.1, -0.05) is 13.8 Å². The summed E-state index contributed by atoms with van der Waals surface area (Å²) in [6.07, 6.45) is 3.54. The predicted octanol–water partition coefficient (Wildman–Crippen LogP) is 2.75. The van der Waals surface area contributed by atoms with Crippen molar-refractivity contribution in [3.05, 3.63) is 0 Å². The van der Waals surface area contributed by atoms with Crippen LogP contribution in [0.4, 0.5) is 0 Å². The van der Waals surface area contributed by atoms with Crippen LogP contribution in [0.15, 0.2) is 4.99 Å². The van der Waals surface area contributed by atoms with Gasteiger partial charge < -0.3 is 19.7 Å². The zero-order chi connectivity index (χ0) is 15.8.